The number of imidazole rings is 1. The normalized spacial score (nSPS) is 17.9. The molecule has 0 radical (unpaired) electrons. The molecule has 0 aliphatic heterocycles. The Morgan fingerprint density at radius 2 is 1.36 bits per heavy atom. The number of phenols is 1. The molecule has 0 saturated heterocycles. The third kappa shape index (κ3) is 7.69. The van der Waals surface area contributed by atoms with Crippen molar-refractivity contribution in [2.24, 2.45) is 0 Å². The number of hydrogen-bond donors (Lipinski definition) is 1. The number of hydrogen-bond acceptors (Lipinski definition) is 3. The molecule has 9 rings (SSSR count). The first-order chi connectivity index (χ1) is 37.2. The zero-order valence-corrected chi connectivity index (χ0v) is 33.0. The van der Waals surface area contributed by atoms with Crippen LogP contribution in [0, 0.1) is 19.8 Å². The Labute approximate surface area is 392 Å². The molecule has 1 N–H and O–H groups in total. The van der Waals surface area contributed by atoms with Crippen LogP contribution in [0.2, 0.25) is 0 Å². The number of phenolic OH excluding ortho intramolecular Hbond substituents is 1. The molecule has 0 aliphatic carbocycles. The van der Waals surface area contributed by atoms with Crippen molar-refractivity contribution in [1.29, 1.82) is 0 Å². The van der Waals surface area contributed by atoms with E-state index >= 15 is 0 Å². The topological polar surface area (TPSA) is 50.9 Å². The van der Waals surface area contributed by atoms with E-state index in [0.29, 0.717) is 27.8 Å². The van der Waals surface area contributed by atoms with Gasteiger partial charge in [-0.05, 0) is 100 Å². The summed E-state index contributed by atoms with van der Waals surface area (Å²) in [5.74, 6) is -0.105. The molecule has 0 fully saturated rings. The number of rotatable bonds is 7. The van der Waals surface area contributed by atoms with Crippen LogP contribution in [-0.2, 0) is 26.5 Å². The molecule has 0 spiro atoms. The number of benzene rings is 7. The number of nitrogens with zero attached hydrogens (tertiary/aromatic N) is 3. The molecule has 0 bridgehead atoms. The van der Waals surface area contributed by atoms with Gasteiger partial charge in [0.1, 0.15) is 11.6 Å². The fourth-order valence-corrected chi connectivity index (χ4v) is 6.86. The summed E-state index contributed by atoms with van der Waals surface area (Å²) in [4.78, 5) is 9.41. The van der Waals surface area contributed by atoms with Crippen LogP contribution < -0.4 is 0 Å². The quantitative estimate of drug-likeness (QED) is 0.162. The van der Waals surface area contributed by atoms with E-state index in [2.05, 4.69) is 11.1 Å². The zero-order chi connectivity index (χ0) is 58.6. The molecule has 4 nitrogen and oxygen atoms in total. The first-order valence-electron chi connectivity index (χ1n) is 29.0. The van der Waals surface area contributed by atoms with Crippen LogP contribution in [0.15, 0.2) is 170 Å². The average molecular weight is 968 g/mol. The van der Waals surface area contributed by atoms with Gasteiger partial charge >= 0.3 is 0 Å². The van der Waals surface area contributed by atoms with Gasteiger partial charge < -0.3 is 5.11 Å². The fraction of sp³-hybridized carbons (Fsp3) is 0.111. The Morgan fingerprint density at radius 3 is 2.08 bits per heavy atom. The van der Waals surface area contributed by atoms with Crippen molar-refractivity contribution < 1.29 is 56.3 Å². The maximum Gasteiger partial charge on any atom is 0.148 e. The fourth-order valence-electron chi connectivity index (χ4n) is 6.86. The average Bonchev–Trinajstić information content (AvgIpc) is 2.98. The minimum atomic E-state index is -3.97. The number of pyridine rings is 1. The van der Waals surface area contributed by atoms with Crippen molar-refractivity contribution in [3.8, 4) is 78.6 Å². The minimum absolute atomic E-state index is 0. The minimum Gasteiger partial charge on any atom is -0.507 e. The number of para-hydroxylation sites is 2. The van der Waals surface area contributed by atoms with E-state index in [4.69, 9.17) is 33.8 Å². The second kappa shape index (κ2) is 16.1. The van der Waals surface area contributed by atoms with Crippen LogP contribution in [0.5, 0.6) is 5.75 Å². The summed E-state index contributed by atoms with van der Waals surface area (Å²) >= 11 is 0. The summed E-state index contributed by atoms with van der Waals surface area (Å²) in [5, 5.41) is 11.4. The van der Waals surface area contributed by atoms with Gasteiger partial charge in [0.05, 0.1) is 26.2 Å². The molecule has 7 aromatic carbocycles. The molecule has 0 atom stereocenters. The first kappa shape index (κ1) is 21.1. The van der Waals surface area contributed by atoms with E-state index in [0.717, 1.165) is 0 Å². The van der Waals surface area contributed by atoms with Gasteiger partial charge in [0.25, 0.3) is 0 Å². The molecule has 0 aliphatic rings. The van der Waals surface area contributed by atoms with E-state index in [-0.39, 0.29) is 77.4 Å². The Balaban J connectivity index is 0.00000860. The van der Waals surface area contributed by atoms with Crippen molar-refractivity contribution in [1.82, 2.24) is 14.5 Å². The monoisotopic (exact) mass is 967 g/mol. The van der Waals surface area contributed by atoms with E-state index in [1.807, 2.05) is 0 Å². The van der Waals surface area contributed by atoms with Gasteiger partial charge in [0.2, 0.25) is 0 Å². The molecular formula is C54H44N3OPt-. The number of aryl methyl sites for hydroxylation is 1. The Kier molecular flexibility index (Phi) is 5.76. The van der Waals surface area contributed by atoms with Crippen LogP contribution in [0.4, 0.5) is 0 Å². The predicted octanol–water partition coefficient (Wildman–Crippen LogP) is 13.8. The van der Waals surface area contributed by atoms with Crippen molar-refractivity contribution in [2.45, 2.75) is 39.7 Å². The Hall–Kier alpha value is -6.35. The molecule has 9 aromatic rings. The van der Waals surface area contributed by atoms with Crippen LogP contribution in [0.1, 0.15) is 67.4 Å². The molecule has 0 saturated carbocycles. The molecule has 59 heavy (non-hydrogen) atoms. The maximum absolute atomic E-state index is 11.4. The first-order valence-corrected chi connectivity index (χ1v) is 18.0. The van der Waals surface area contributed by atoms with E-state index in [1.54, 1.807) is 120 Å². The van der Waals surface area contributed by atoms with Crippen LogP contribution in [0.25, 0.3) is 83.9 Å². The van der Waals surface area contributed by atoms with Crippen molar-refractivity contribution in [3.05, 3.63) is 193 Å². The summed E-state index contributed by atoms with van der Waals surface area (Å²) in [6, 6.07) is 31.2. The van der Waals surface area contributed by atoms with Gasteiger partial charge in [0.15, 0.2) is 0 Å². The summed E-state index contributed by atoms with van der Waals surface area (Å²) in [5.41, 5.74) is -5.05. The standard InChI is InChI=1S/C54H44N3O.Pt/c1-35-29-45(34-48(36(35)2)39-17-10-7-11-18-39)57-50-21-14-20-46(52(50)56-53(57)47-19-12-13-22-51(47)58)42-30-41(37-15-8-6-9-16-37)31-43(32-42)49-33-40(27-28-55-49)38-23-25-44(26-24-38)54(3,4)5;/h6-31,33-34,58H,1-5H3;/q-1;/i1D3,2D3,3D3,4D3,5D3,23D,24D,25D,26D,27D,28D,33D;. The van der Waals surface area contributed by atoms with Crippen molar-refractivity contribution in [2.75, 3.05) is 0 Å². The van der Waals surface area contributed by atoms with Gasteiger partial charge in [-0.15, -0.1) is 23.8 Å². The third-order valence-electron chi connectivity index (χ3n) is 9.66. The van der Waals surface area contributed by atoms with Gasteiger partial charge in [0, 0.05) is 59.2 Å². The number of aromatic nitrogens is 3. The summed E-state index contributed by atoms with van der Waals surface area (Å²) < 4.78 is 191. The maximum atomic E-state index is 11.4. The van der Waals surface area contributed by atoms with E-state index in [1.165, 1.54) is 12.1 Å². The van der Waals surface area contributed by atoms with Crippen LogP contribution >= 0.6 is 0 Å². The van der Waals surface area contributed by atoms with Gasteiger partial charge in [-0.3, -0.25) is 9.55 Å². The molecule has 292 valence electrons. The third-order valence-corrected chi connectivity index (χ3v) is 9.66. The summed E-state index contributed by atoms with van der Waals surface area (Å²) in [7, 11) is 0. The Morgan fingerprint density at radius 1 is 0.644 bits per heavy atom. The molecule has 0 amide bonds. The second-order valence-corrected chi connectivity index (χ2v) is 13.5. The number of fused-ring (bicyclic) bond motifs is 1. The van der Waals surface area contributed by atoms with E-state index in [9.17, 15) is 6.48 Å². The van der Waals surface area contributed by atoms with Gasteiger partial charge in [-0.2, -0.15) is 0 Å². The smallest absolute Gasteiger partial charge is 0.148 e. The molecule has 2 heterocycles. The molecule has 5 heteroatoms. The van der Waals surface area contributed by atoms with Crippen LogP contribution in [0.3, 0.4) is 0 Å². The largest absolute Gasteiger partial charge is 0.507 e. The van der Waals surface area contributed by atoms with E-state index < -0.39 is 104 Å². The van der Waals surface area contributed by atoms with Crippen molar-refractivity contribution in [3.63, 3.8) is 0 Å². The second-order valence-electron chi connectivity index (χ2n) is 13.5. The molecular weight excluding hydrogens is 902 g/mol. The SMILES string of the molecule is [2H]c1nc(-c2[c-]c(-c3cccc4c3nc(-c3ccccc3O)n4-c3cc(-c4ccccc4)c(C([2H])([2H])[2H])c(C([2H])([2H])[2H])c3)cc(-c3ccccc3)c2)c([2H])c(-c2c([2H])c([2H])c(C(C([2H])([2H])[2H])(C([2H])([2H])[2H])C([2H])([2H])[2H])c([2H])c2[2H])c1[2H].[Pt]. The van der Waals surface area contributed by atoms with Crippen molar-refractivity contribution >= 4 is 11.0 Å². The molecule has 0 unspecified atom stereocenters. The number of aromatic hydroxyl groups is 1. The molecule has 2 aromatic heterocycles. The Bertz CT molecular complexity index is 3860. The van der Waals surface area contributed by atoms with Gasteiger partial charge in [-0.1, -0.05) is 152 Å². The predicted molar refractivity (Wildman–Crippen MR) is 240 cm³/mol. The zero-order valence-electron chi connectivity index (χ0n) is 52.7. The summed E-state index contributed by atoms with van der Waals surface area (Å²) in [6.07, 6.45) is -0.835. The van der Waals surface area contributed by atoms with Crippen LogP contribution in [-0.4, -0.2) is 19.6 Å². The summed E-state index contributed by atoms with van der Waals surface area (Å²) in [6.45, 7) is -17.8. The van der Waals surface area contributed by atoms with Gasteiger partial charge in [-0.25, -0.2) is 4.98 Å².